The fourth-order valence-electron chi connectivity index (χ4n) is 1.62. The van der Waals surface area contributed by atoms with E-state index in [2.05, 4.69) is 5.32 Å². The molecule has 0 fully saturated rings. The molecular weight excluding hydrogens is 234 g/mol. The number of nitrogens with one attached hydrogen (secondary N) is 1. The number of ketones is 1. The summed E-state index contributed by atoms with van der Waals surface area (Å²) >= 11 is 0. The van der Waals surface area contributed by atoms with Crippen molar-refractivity contribution in [2.45, 2.75) is 6.42 Å². The second-order valence-corrected chi connectivity index (χ2v) is 3.69. The smallest absolute Gasteiger partial charge is 0.203 e. The zero-order valence-electron chi connectivity index (χ0n) is 11.2. The van der Waals surface area contributed by atoms with Crippen LogP contribution < -0.4 is 19.5 Å². The van der Waals surface area contributed by atoms with Crippen LogP contribution in [0.4, 0.5) is 0 Å². The summed E-state index contributed by atoms with van der Waals surface area (Å²) in [6.07, 6.45) is 0.426. The van der Waals surface area contributed by atoms with Crippen molar-refractivity contribution in [3.63, 3.8) is 0 Å². The summed E-state index contributed by atoms with van der Waals surface area (Å²) in [5.74, 6) is 1.50. The number of ether oxygens (including phenoxy) is 3. The van der Waals surface area contributed by atoms with Gasteiger partial charge in [-0.25, -0.2) is 0 Å². The van der Waals surface area contributed by atoms with Crippen LogP contribution in [-0.4, -0.2) is 40.7 Å². The van der Waals surface area contributed by atoms with Crippen LogP contribution in [0.25, 0.3) is 0 Å². The molecule has 0 radical (unpaired) electrons. The molecule has 0 atom stereocenters. The predicted molar refractivity (Wildman–Crippen MR) is 69.0 cm³/mol. The Labute approximate surface area is 107 Å². The van der Waals surface area contributed by atoms with Gasteiger partial charge >= 0.3 is 0 Å². The number of rotatable bonds is 7. The van der Waals surface area contributed by atoms with Crippen LogP contribution in [0.15, 0.2) is 12.1 Å². The Kier molecular flexibility index (Phi) is 5.45. The molecule has 1 aromatic carbocycles. The van der Waals surface area contributed by atoms with Crippen molar-refractivity contribution in [2.75, 3.05) is 34.9 Å². The molecule has 0 aliphatic carbocycles. The first kappa shape index (κ1) is 14.3. The van der Waals surface area contributed by atoms with Gasteiger partial charge in [0.2, 0.25) is 5.75 Å². The molecule has 1 aromatic rings. The van der Waals surface area contributed by atoms with Crippen molar-refractivity contribution >= 4 is 5.78 Å². The van der Waals surface area contributed by atoms with E-state index in [1.165, 1.54) is 21.3 Å². The molecule has 5 nitrogen and oxygen atoms in total. The minimum absolute atomic E-state index is 0.0311. The molecule has 0 aliphatic rings. The molecule has 0 heterocycles. The molecule has 0 spiro atoms. The maximum atomic E-state index is 11.9. The summed E-state index contributed by atoms with van der Waals surface area (Å²) in [5, 5.41) is 2.94. The van der Waals surface area contributed by atoms with Gasteiger partial charge in [-0.2, -0.15) is 0 Å². The number of hydrogen-bond acceptors (Lipinski definition) is 5. The lowest BCUT2D eigenvalue weighted by molar-refractivity contribution is 0.0982. The van der Waals surface area contributed by atoms with E-state index >= 15 is 0 Å². The number of carbonyl (C=O) groups is 1. The van der Waals surface area contributed by atoms with Crippen LogP contribution >= 0.6 is 0 Å². The molecule has 0 unspecified atom stereocenters. The topological polar surface area (TPSA) is 56.8 Å². The molecule has 5 heteroatoms. The highest BCUT2D eigenvalue weighted by molar-refractivity contribution is 5.97. The summed E-state index contributed by atoms with van der Waals surface area (Å²) in [6.45, 7) is 0.634. The largest absolute Gasteiger partial charge is 0.493 e. The first-order valence-corrected chi connectivity index (χ1v) is 5.65. The van der Waals surface area contributed by atoms with E-state index in [4.69, 9.17) is 14.2 Å². The second-order valence-electron chi connectivity index (χ2n) is 3.69. The first-order valence-electron chi connectivity index (χ1n) is 5.65. The van der Waals surface area contributed by atoms with Crippen LogP contribution in [0.1, 0.15) is 16.8 Å². The number of benzene rings is 1. The maximum absolute atomic E-state index is 11.9. The Morgan fingerprint density at radius 1 is 1.11 bits per heavy atom. The van der Waals surface area contributed by atoms with Crippen molar-refractivity contribution in [3.8, 4) is 17.2 Å². The molecule has 1 N–H and O–H groups in total. The van der Waals surface area contributed by atoms with E-state index in [-0.39, 0.29) is 5.78 Å². The van der Waals surface area contributed by atoms with E-state index < -0.39 is 0 Å². The lowest BCUT2D eigenvalue weighted by Gasteiger charge is -2.13. The molecule has 0 saturated carbocycles. The van der Waals surface area contributed by atoms with Gasteiger partial charge in [-0.3, -0.25) is 4.79 Å². The van der Waals surface area contributed by atoms with Gasteiger partial charge < -0.3 is 19.5 Å². The molecular formula is C13H19NO4. The lowest BCUT2D eigenvalue weighted by atomic mass is 10.1. The Balaban J connectivity index is 3.10. The lowest BCUT2D eigenvalue weighted by Crippen LogP contribution is -2.13. The zero-order chi connectivity index (χ0) is 13.5. The Morgan fingerprint density at radius 3 is 2.06 bits per heavy atom. The summed E-state index contributed by atoms with van der Waals surface area (Å²) in [6, 6.07) is 3.33. The van der Waals surface area contributed by atoms with Crippen LogP contribution in [0.2, 0.25) is 0 Å². The molecule has 18 heavy (non-hydrogen) atoms. The van der Waals surface area contributed by atoms with Crippen molar-refractivity contribution < 1.29 is 19.0 Å². The second kappa shape index (κ2) is 6.86. The van der Waals surface area contributed by atoms with E-state index in [0.29, 0.717) is 35.8 Å². The Hall–Kier alpha value is -1.75. The molecule has 100 valence electrons. The van der Waals surface area contributed by atoms with E-state index in [9.17, 15) is 4.79 Å². The minimum atomic E-state index is 0.0311. The monoisotopic (exact) mass is 253 g/mol. The molecule has 0 amide bonds. The number of methoxy groups -OCH3 is 3. The van der Waals surface area contributed by atoms with Crippen LogP contribution in [0.3, 0.4) is 0 Å². The third-order valence-corrected chi connectivity index (χ3v) is 2.59. The fourth-order valence-corrected chi connectivity index (χ4v) is 1.62. The average Bonchev–Trinajstić information content (AvgIpc) is 2.42. The van der Waals surface area contributed by atoms with Gasteiger partial charge in [-0.05, 0) is 19.2 Å². The summed E-state index contributed by atoms with van der Waals surface area (Å²) < 4.78 is 15.6. The molecule has 1 rings (SSSR count). The Morgan fingerprint density at radius 2 is 1.67 bits per heavy atom. The van der Waals surface area contributed by atoms with Crippen LogP contribution in [-0.2, 0) is 0 Å². The number of carbonyl (C=O) groups excluding carboxylic acids is 1. The van der Waals surface area contributed by atoms with Gasteiger partial charge in [0.05, 0.1) is 21.3 Å². The van der Waals surface area contributed by atoms with E-state index in [1.54, 1.807) is 12.1 Å². The third-order valence-electron chi connectivity index (χ3n) is 2.59. The van der Waals surface area contributed by atoms with Gasteiger partial charge in [0.25, 0.3) is 0 Å². The van der Waals surface area contributed by atoms with Gasteiger partial charge in [-0.1, -0.05) is 0 Å². The van der Waals surface area contributed by atoms with Crippen LogP contribution in [0.5, 0.6) is 17.2 Å². The van der Waals surface area contributed by atoms with Gasteiger partial charge in [0, 0.05) is 18.5 Å². The van der Waals surface area contributed by atoms with Crippen molar-refractivity contribution in [3.05, 3.63) is 17.7 Å². The highest BCUT2D eigenvalue weighted by Crippen LogP contribution is 2.38. The SMILES string of the molecule is CNCCC(=O)c1cc(OC)c(OC)c(OC)c1. The third kappa shape index (κ3) is 3.13. The molecule has 0 bridgehead atoms. The predicted octanol–water partition coefficient (Wildman–Crippen LogP) is 1.50. The molecule has 0 aliphatic heterocycles. The van der Waals surface area contributed by atoms with E-state index in [0.717, 1.165) is 0 Å². The van der Waals surface area contributed by atoms with Gasteiger partial charge in [-0.15, -0.1) is 0 Å². The van der Waals surface area contributed by atoms with Gasteiger partial charge in [0.15, 0.2) is 17.3 Å². The zero-order valence-corrected chi connectivity index (χ0v) is 11.2. The summed E-state index contributed by atoms with van der Waals surface area (Å²) in [4.78, 5) is 11.9. The van der Waals surface area contributed by atoms with Crippen molar-refractivity contribution in [1.82, 2.24) is 5.32 Å². The highest BCUT2D eigenvalue weighted by Gasteiger charge is 2.16. The van der Waals surface area contributed by atoms with Crippen LogP contribution in [0, 0.1) is 0 Å². The van der Waals surface area contributed by atoms with E-state index in [1.807, 2.05) is 7.05 Å². The van der Waals surface area contributed by atoms with Crippen molar-refractivity contribution in [2.24, 2.45) is 0 Å². The fraction of sp³-hybridized carbons (Fsp3) is 0.462. The average molecular weight is 253 g/mol. The maximum Gasteiger partial charge on any atom is 0.203 e. The normalized spacial score (nSPS) is 10.0. The van der Waals surface area contributed by atoms with Crippen molar-refractivity contribution in [1.29, 1.82) is 0 Å². The van der Waals surface area contributed by atoms with Gasteiger partial charge in [0.1, 0.15) is 0 Å². The number of hydrogen-bond donors (Lipinski definition) is 1. The molecule has 0 aromatic heterocycles. The Bertz CT molecular complexity index is 392. The first-order chi connectivity index (χ1) is 8.67. The standard InChI is InChI=1S/C13H19NO4/c1-14-6-5-10(15)9-7-11(16-2)13(18-4)12(8-9)17-3/h7-8,14H,5-6H2,1-4H3. The summed E-state index contributed by atoms with van der Waals surface area (Å²) in [5.41, 5.74) is 0.555. The summed E-state index contributed by atoms with van der Waals surface area (Å²) in [7, 11) is 6.39. The highest BCUT2D eigenvalue weighted by atomic mass is 16.5. The minimum Gasteiger partial charge on any atom is -0.493 e. The molecule has 0 saturated heterocycles. The number of Topliss-reactive ketones (excluding diaryl/α,β-unsaturated/α-hetero) is 1. The quantitative estimate of drug-likeness (QED) is 0.746.